The van der Waals surface area contributed by atoms with E-state index in [4.69, 9.17) is 16.3 Å². The zero-order valence-electron chi connectivity index (χ0n) is 20.4. The molecular weight excluding hydrogens is 498 g/mol. The smallest absolute Gasteiger partial charge is 0.243 e. The lowest BCUT2D eigenvalue weighted by Crippen LogP contribution is -2.51. The van der Waals surface area contributed by atoms with Crippen LogP contribution in [0.5, 0.6) is 5.75 Å². The van der Waals surface area contributed by atoms with Gasteiger partial charge in [-0.05, 0) is 66.6 Å². The minimum atomic E-state index is -3.92. The molecule has 0 N–H and O–H groups in total. The van der Waals surface area contributed by atoms with Crippen LogP contribution in [0, 0.1) is 6.92 Å². The SMILES string of the molecule is COc1ccc(N2CCN(C(=O)CN(Cc3ccccc3C)S(=O)(=O)c3ccc(Cl)cc3)CC2)cc1. The molecule has 0 radical (unpaired) electrons. The third kappa shape index (κ3) is 6.00. The minimum Gasteiger partial charge on any atom is -0.497 e. The van der Waals surface area contributed by atoms with E-state index in [2.05, 4.69) is 4.90 Å². The van der Waals surface area contributed by atoms with Crippen LogP contribution >= 0.6 is 11.6 Å². The average molecular weight is 528 g/mol. The molecule has 0 spiro atoms. The number of amides is 1. The van der Waals surface area contributed by atoms with E-state index in [-0.39, 0.29) is 23.9 Å². The third-order valence-electron chi connectivity index (χ3n) is 6.44. The summed E-state index contributed by atoms with van der Waals surface area (Å²) < 4.78 is 33.6. The van der Waals surface area contributed by atoms with E-state index in [0.29, 0.717) is 31.2 Å². The number of carbonyl (C=O) groups is 1. The molecule has 0 bridgehead atoms. The van der Waals surface area contributed by atoms with Gasteiger partial charge in [-0.25, -0.2) is 8.42 Å². The molecule has 0 aliphatic carbocycles. The van der Waals surface area contributed by atoms with Gasteiger partial charge in [-0.3, -0.25) is 4.79 Å². The Morgan fingerprint density at radius 2 is 1.58 bits per heavy atom. The van der Waals surface area contributed by atoms with Crippen molar-refractivity contribution in [3.8, 4) is 5.75 Å². The fraction of sp³-hybridized carbons (Fsp3) is 0.296. The van der Waals surface area contributed by atoms with Gasteiger partial charge in [0.2, 0.25) is 15.9 Å². The number of hydrogen-bond donors (Lipinski definition) is 0. The first-order valence-electron chi connectivity index (χ1n) is 11.7. The molecule has 0 saturated carbocycles. The molecular formula is C27H30ClN3O4S. The van der Waals surface area contributed by atoms with Gasteiger partial charge in [0.1, 0.15) is 5.75 Å². The number of methoxy groups -OCH3 is 1. The summed E-state index contributed by atoms with van der Waals surface area (Å²) in [6.45, 7) is 4.17. The zero-order valence-corrected chi connectivity index (χ0v) is 22.0. The summed E-state index contributed by atoms with van der Waals surface area (Å²) in [5.74, 6) is 0.582. The Labute approximate surface area is 217 Å². The summed E-state index contributed by atoms with van der Waals surface area (Å²) >= 11 is 5.97. The van der Waals surface area contributed by atoms with E-state index in [1.807, 2.05) is 55.5 Å². The summed E-state index contributed by atoms with van der Waals surface area (Å²) in [6, 6.07) is 21.5. The van der Waals surface area contributed by atoms with E-state index in [9.17, 15) is 13.2 Å². The highest BCUT2D eigenvalue weighted by molar-refractivity contribution is 7.89. The van der Waals surface area contributed by atoms with Crippen molar-refractivity contribution >= 4 is 33.2 Å². The molecule has 1 heterocycles. The monoisotopic (exact) mass is 527 g/mol. The summed E-state index contributed by atoms with van der Waals surface area (Å²) in [7, 11) is -2.29. The molecule has 1 amide bonds. The second-order valence-electron chi connectivity index (χ2n) is 8.72. The normalized spacial score (nSPS) is 14.2. The van der Waals surface area contributed by atoms with Crippen LogP contribution in [0.25, 0.3) is 0 Å². The number of ether oxygens (including phenoxy) is 1. The molecule has 3 aromatic carbocycles. The number of rotatable bonds is 8. The summed E-state index contributed by atoms with van der Waals surface area (Å²) in [5.41, 5.74) is 2.89. The molecule has 1 aliphatic rings. The van der Waals surface area contributed by atoms with Crippen LogP contribution in [0.1, 0.15) is 11.1 Å². The Hall–Kier alpha value is -3.07. The second-order valence-corrected chi connectivity index (χ2v) is 11.1. The second kappa shape index (κ2) is 11.3. The lowest BCUT2D eigenvalue weighted by Gasteiger charge is -2.37. The number of piperazine rings is 1. The number of carbonyl (C=O) groups excluding carboxylic acids is 1. The van der Waals surface area contributed by atoms with Crippen molar-refractivity contribution in [2.75, 3.05) is 44.7 Å². The van der Waals surface area contributed by atoms with Gasteiger partial charge in [0.05, 0.1) is 18.6 Å². The Balaban J connectivity index is 1.49. The maximum atomic E-state index is 13.6. The summed E-state index contributed by atoms with van der Waals surface area (Å²) in [6.07, 6.45) is 0. The van der Waals surface area contributed by atoms with Crippen molar-refractivity contribution in [2.24, 2.45) is 0 Å². The lowest BCUT2D eigenvalue weighted by atomic mass is 10.1. The molecule has 9 heteroatoms. The van der Waals surface area contributed by atoms with Gasteiger partial charge in [0.15, 0.2) is 0 Å². The fourth-order valence-electron chi connectivity index (χ4n) is 4.22. The summed E-state index contributed by atoms with van der Waals surface area (Å²) in [5, 5.41) is 0.449. The number of nitrogens with zero attached hydrogens (tertiary/aromatic N) is 3. The first kappa shape index (κ1) is 26.0. The number of halogens is 1. The van der Waals surface area contributed by atoms with Crippen molar-refractivity contribution in [3.63, 3.8) is 0 Å². The zero-order chi connectivity index (χ0) is 25.7. The molecule has 0 unspecified atom stereocenters. The topological polar surface area (TPSA) is 70.2 Å². The minimum absolute atomic E-state index is 0.106. The highest BCUT2D eigenvalue weighted by atomic mass is 35.5. The van der Waals surface area contributed by atoms with Crippen LogP contribution < -0.4 is 9.64 Å². The number of aryl methyl sites for hydroxylation is 1. The lowest BCUT2D eigenvalue weighted by molar-refractivity contribution is -0.131. The number of sulfonamides is 1. The van der Waals surface area contributed by atoms with E-state index >= 15 is 0 Å². The van der Waals surface area contributed by atoms with Crippen LogP contribution in [-0.4, -0.2) is 63.4 Å². The van der Waals surface area contributed by atoms with Crippen LogP contribution in [0.2, 0.25) is 5.02 Å². The molecule has 1 aliphatic heterocycles. The third-order valence-corrected chi connectivity index (χ3v) is 8.50. The standard InChI is InChI=1S/C27H30ClN3O4S/c1-21-5-3-4-6-22(21)19-31(36(33,34)26-13-7-23(28)8-14-26)20-27(32)30-17-15-29(16-18-30)24-9-11-25(35-2)12-10-24/h3-14H,15-20H2,1-2H3. The molecule has 0 atom stereocenters. The van der Waals surface area contributed by atoms with Gasteiger partial charge < -0.3 is 14.5 Å². The molecule has 7 nitrogen and oxygen atoms in total. The molecule has 3 aromatic rings. The highest BCUT2D eigenvalue weighted by Crippen LogP contribution is 2.23. The summed E-state index contributed by atoms with van der Waals surface area (Å²) in [4.78, 5) is 17.4. The van der Waals surface area contributed by atoms with Gasteiger partial charge >= 0.3 is 0 Å². The van der Waals surface area contributed by atoms with Crippen LogP contribution in [0.15, 0.2) is 77.7 Å². The average Bonchev–Trinajstić information content (AvgIpc) is 2.90. The Morgan fingerprint density at radius 3 is 2.19 bits per heavy atom. The van der Waals surface area contributed by atoms with Crippen molar-refractivity contribution in [3.05, 3.63) is 88.9 Å². The van der Waals surface area contributed by atoms with Gasteiger partial charge in [-0.15, -0.1) is 0 Å². The van der Waals surface area contributed by atoms with Crippen molar-refractivity contribution < 1.29 is 17.9 Å². The molecule has 4 rings (SSSR count). The largest absolute Gasteiger partial charge is 0.497 e. The Bertz CT molecular complexity index is 1290. The number of hydrogen-bond acceptors (Lipinski definition) is 5. The van der Waals surface area contributed by atoms with Crippen molar-refractivity contribution in [1.29, 1.82) is 0 Å². The predicted molar refractivity (Wildman–Crippen MR) is 142 cm³/mol. The van der Waals surface area contributed by atoms with Gasteiger partial charge in [-0.2, -0.15) is 4.31 Å². The van der Waals surface area contributed by atoms with E-state index in [0.717, 1.165) is 22.6 Å². The number of anilines is 1. The fourth-order valence-corrected chi connectivity index (χ4v) is 5.71. The number of benzene rings is 3. The molecule has 1 saturated heterocycles. The van der Waals surface area contributed by atoms with Crippen LogP contribution in [0.4, 0.5) is 5.69 Å². The maximum absolute atomic E-state index is 13.6. The van der Waals surface area contributed by atoms with Crippen molar-refractivity contribution in [1.82, 2.24) is 9.21 Å². The van der Waals surface area contributed by atoms with Gasteiger partial charge in [0, 0.05) is 43.4 Å². The highest BCUT2D eigenvalue weighted by Gasteiger charge is 2.30. The first-order valence-corrected chi connectivity index (χ1v) is 13.6. The maximum Gasteiger partial charge on any atom is 0.243 e. The van der Waals surface area contributed by atoms with E-state index in [1.54, 1.807) is 24.1 Å². The quantitative estimate of drug-likeness (QED) is 0.439. The first-order chi connectivity index (χ1) is 17.3. The van der Waals surface area contributed by atoms with E-state index in [1.165, 1.54) is 16.4 Å². The van der Waals surface area contributed by atoms with Crippen LogP contribution in [-0.2, 0) is 21.4 Å². The van der Waals surface area contributed by atoms with Crippen LogP contribution in [0.3, 0.4) is 0 Å². The molecule has 190 valence electrons. The van der Waals surface area contributed by atoms with E-state index < -0.39 is 10.0 Å². The van der Waals surface area contributed by atoms with Gasteiger partial charge in [0.25, 0.3) is 0 Å². The molecule has 0 aromatic heterocycles. The Morgan fingerprint density at radius 1 is 0.944 bits per heavy atom. The Kier molecular flexibility index (Phi) is 8.18. The molecule has 1 fully saturated rings. The molecule has 36 heavy (non-hydrogen) atoms. The predicted octanol–water partition coefficient (Wildman–Crippen LogP) is 4.20. The van der Waals surface area contributed by atoms with Gasteiger partial charge in [-0.1, -0.05) is 35.9 Å². The van der Waals surface area contributed by atoms with Crippen molar-refractivity contribution in [2.45, 2.75) is 18.4 Å².